The molecule has 0 saturated carbocycles. The topological polar surface area (TPSA) is 71.4 Å². The van der Waals surface area contributed by atoms with Crippen LogP contribution in [0.15, 0.2) is 29.4 Å². The molecule has 0 atom stereocenters. The van der Waals surface area contributed by atoms with Crippen molar-refractivity contribution in [2.75, 3.05) is 26.3 Å². The first-order chi connectivity index (χ1) is 11.1. The monoisotopic (exact) mass is 320 g/mol. The number of hydrogen-bond donors (Lipinski definition) is 1. The molecule has 23 heavy (non-hydrogen) atoms. The molecule has 1 aromatic carbocycles. The van der Waals surface area contributed by atoms with Gasteiger partial charge in [0.05, 0.1) is 18.4 Å². The van der Waals surface area contributed by atoms with Gasteiger partial charge in [-0.05, 0) is 32.3 Å². The molecule has 2 rings (SSSR count). The molecular formula is C17H24N2O4. The molecule has 1 fully saturated rings. The van der Waals surface area contributed by atoms with Gasteiger partial charge < -0.3 is 19.6 Å². The third-order valence-electron chi connectivity index (χ3n) is 3.91. The van der Waals surface area contributed by atoms with Gasteiger partial charge in [-0.2, -0.15) is 0 Å². The number of oxime groups is 1. The molecule has 0 spiro atoms. The first-order valence-electron chi connectivity index (χ1n) is 7.89. The van der Waals surface area contributed by atoms with E-state index in [0.29, 0.717) is 26.3 Å². The van der Waals surface area contributed by atoms with E-state index in [9.17, 15) is 4.79 Å². The summed E-state index contributed by atoms with van der Waals surface area (Å²) in [5.74, 6) is 0. The number of rotatable bonds is 6. The lowest BCUT2D eigenvalue weighted by Gasteiger charge is -2.29. The SMILES string of the molecule is CC(=NOCCOC1CCN(C(=O)O)CC1)c1ccc(C)cc1. The normalized spacial score (nSPS) is 16.4. The fourth-order valence-corrected chi connectivity index (χ4v) is 2.46. The maximum Gasteiger partial charge on any atom is 0.407 e. The number of amides is 1. The number of carbonyl (C=O) groups is 1. The Morgan fingerprint density at radius 3 is 2.52 bits per heavy atom. The van der Waals surface area contributed by atoms with Crippen molar-refractivity contribution in [3.63, 3.8) is 0 Å². The third kappa shape index (κ3) is 5.56. The number of hydrogen-bond acceptors (Lipinski definition) is 4. The minimum atomic E-state index is -0.854. The molecule has 0 aromatic heterocycles. The van der Waals surface area contributed by atoms with Crippen LogP contribution in [0.5, 0.6) is 0 Å². The van der Waals surface area contributed by atoms with Crippen molar-refractivity contribution in [1.82, 2.24) is 4.90 Å². The van der Waals surface area contributed by atoms with Crippen molar-refractivity contribution in [2.24, 2.45) is 5.16 Å². The highest BCUT2D eigenvalue weighted by Crippen LogP contribution is 2.13. The first kappa shape index (κ1) is 17.3. The summed E-state index contributed by atoms with van der Waals surface area (Å²) < 4.78 is 5.70. The van der Waals surface area contributed by atoms with E-state index in [4.69, 9.17) is 14.7 Å². The van der Waals surface area contributed by atoms with E-state index < -0.39 is 6.09 Å². The van der Waals surface area contributed by atoms with Crippen LogP contribution in [0.2, 0.25) is 0 Å². The van der Waals surface area contributed by atoms with Crippen LogP contribution in [0.25, 0.3) is 0 Å². The van der Waals surface area contributed by atoms with Crippen LogP contribution in [-0.4, -0.2) is 54.2 Å². The number of benzene rings is 1. The predicted molar refractivity (Wildman–Crippen MR) is 87.9 cm³/mol. The zero-order valence-corrected chi connectivity index (χ0v) is 13.7. The Bertz CT molecular complexity index is 534. The highest BCUT2D eigenvalue weighted by Gasteiger charge is 2.22. The van der Waals surface area contributed by atoms with E-state index in [-0.39, 0.29) is 6.10 Å². The molecule has 1 aliphatic rings. The number of aryl methyl sites for hydroxylation is 1. The van der Waals surface area contributed by atoms with Crippen LogP contribution in [0.3, 0.4) is 0 Å². The van der Waals surface area contributed by atoms with Crippen LogP contribution in [-0.2, 0) is 9.57 Å². The van der Waals surface area contributed by atoms with Gasteiger partial charge in [-0.15, -0.1) is 0 Å². The second-order valence-corrected chi connectivity index (χ2v) is 5.72. The van der Waals surface area contributed by atoms with Crippen LogP contribution < -0.4 is 0 Å². The quantitative estimate of drug-likeness (QED) is 0.497. The fourth-order valence-electron chi connectivity index (χ4n) is 2.46. The zero-order valence-electron chi connectivity index (χ0n) is 13.7. The highest BCUT2D eigenvalue weighted by atomic mass is 16.6. The Labute approximate surface area is 136 Å². The van der Waals surface area contributed by atoms with Gasteiger partial charge in [-0.1, -0.05) is 35.0 Å². The molecule has 1 amide bonds. The summed E-state index contributed by atoms with van der Waals surface area (Å²) in [6.07, 6.45) is 0.722. The van der Waals surface area contributed by atoms with Crippen molar-refractivity contribution in [3.8, 4) is 0 Å². The molecule has 1 heterocycles. The summed E-state index contributed by atoms with van der Waals surface area (Å²) >= 11 is 0. The van der Waals surface area contributed by atoms with Crippen LogP contribution >= 0.6 is 0 Å². The number of piperidine rings is 1. The lowest BCUT2D eigenvalue weighted by molar-refractivity contribution is -0.0192. The van der Waals surface area contributed by atoms with E-state index in [1.807, 2.05) is 38.1 Å². The van der Waals surface area contributed by atoms with Gasteiger partial charge in [0.2, 0.25) is 0 Å². The van der Waals surface area contributed by atoms with Gasteiger partial charge in [0.15, 0.2) is 0 Å². The summed E-state index contributed by atoms with van der Waals surface area (Å²) in [6, 6.07) is 8.12. The molecule has 0 radical (unpaired) electrons. The lowest BCUT2D eigenvalue weighted by atomic mass is 10.1. The van der Waals surface area contributed by atoms with Crippen molar-refractivity contribution in [3.05, 3.63) is 35.4 Å². The summed E-state index contributed by atoms with van der Waals surface area (Å²) in [6.45, 7) is 5.88. The summed E-state index contributed by atoms with van der Waals surface area (Å²) in [4.78, 5) is 17.5. The maximum atomic E-state index is 10.8. The number of ether oxygens (including phenoxy) is 1. The molecule has 1 saturated heterocycles. The van der Waals surface area contributed by atoms with Gasteiger partial charge >= 0.3 is 6.09 Å². The second-order valence-electron chi connectivity index (χ2n) is 5.72. The van der Waals surface area contributed by atoms with Crippen molar-refractivity contribution in [2.45, 2.75) is 32.8 Å². The molecule has 1 N–H and O–H groups in total. The molecule has 0 bridgehead atoms. The molecule has 6 nitrogen and oxygen atoms in total. The van der Waals surface area contributed by atoms with Gasteiger partial charge in [-0.25, -0.2) is 4.79 Å². The van der Waals surface area contributed by atoms with E-state index in [1.54, 1.807) is 0 Å². The Balaban J connectivity index is 1.63. The minimum absolute atomic E-state index is 0.108. The molecule has 1 aliphatic heterocycles. The first-order valence-corrected chi connectivity index (χ1v) is 7.89. The zero-order chi connectivity index (χ0) is 16.7. The van der Waals surface area contributed by atoms with Crippen LogP contribution in [0.1, 0.15) is 30.9 Å². The van der Waals surface area contributed by atoms with Crippen LogP contribution in [0, 0.1) is 6.92 Å². The minimum Gasteiger partial charge on any atom is -0.465 e. The molecule has 0 aliphatic carbocycles. The summed E-state index contributed by atoms with van der Waals surface area (Å²) in [5, 5.41) is 13.0. The van der Waals surface area contributed by atoms with Crippen molar-refractivity contribution < 1.29 is 19.5 Å². The highest BCUT2D eigenvalue weighted by molar-refractivity contribution is 5.98. The van der Waals surface area contributed by atoms with E-state index >= 15 is 0 Å². The van der Waals surface area contributed by atoms with Crippen molar-refractivity contribution in [1.29, 1.82) is 0 Å². The smallest absolute Gasteiger partial charge is 0.407 e. The van der Waals surface area contributed by atoms with Gasteiger partial charge in [0.25, 0.3) is 0 Å². The van der Waals surface area contributed by atoms with E-state index in [1.165, 1.54) is 10.5 Å². The molecule has 1 aromatic rings. The van der Waals surface area contributed by atoms with E-state index in [2.05, 4.69) is 5.16 Å². The van der Waals surface area contributed by atoms with Crippen molar-refractivity contribution >= 4 is 11.8 Å². The number of likely N-dealkylation sites (tertiary alicyclic amines) is 1. The van der Waals surface area contributed by atoms with Gasteiger partial charge in [-0.3, -0.25) is 0 Å². The Morgan fingerprint density at radius 2 is 1.91 bits per heavy atom. The maximum absolute atomic E-state index is 10.8. The molecule has 126 valence electrons. The third-order valence-corrected chi connectivity index (χ3v) is 3.91. The largest absolute Gasteiger partial charge is 0.465 e. The molecule has 6 heteroatoms. The average Bonchev–Trinajstić information content (AvgIpc) is 2.55. The fraction of sp³-hybridized carbons (Fsp3) is 0.529. The molecular weight excluding hydrogens is 296 g/mol. The number of carboxylic acid groups (broad SMARTS) is 1. The Morgan fingerprint density at radius 1 is 1.26 bits per heavy atom. The van der Waals surface area contributed by atoms with Crippen LogP contribution in [0.4, 0.5) is 4.79 Å². The second kappa shape index (κ2) is 8.53. The average molecular weight is 320 g/mol. The number of nitrogens with zero attached hydrogens (tertiary/aromatic N) is 2. The van der Waals surface area contributed by atoms with Gasteiger partial charge in [0.1, 0.15) is 6.61 Å². The lowest BCUT2D eigenvalue weighted by Crippen LogP contribution is -2.40. The molecule has 0 unspecified atom stereocenters. The summed E-state index contributed by atoms with van der Waals surface area (Å²) in [7, 11) is 0. The Hall–Kier alpha value is -2.08. The van der Waals surface area contributed by atoms with Gasteiger partial charge in [0, 0.05) is 13.1 Å². The summed E-state index contributed by atoms with van der Waals surface area (Å²) in [5.41, 5.74) is 3.09. The van der Waals surface area contributed by atoms with E-state index in [0.717, 1.165) is 24.1 Å². The standard InChI is InChI=1S/C17H24N2O4/c1-13-3-5-15(6-4-13)14(2)18-23-12-11-22-16-7-9-19(10-8-16)17(20)21/h3-6,16H,7-12H2,1-2H3,(H,20,21). The predicted octanol–water partition coefficient (Wildman–Crippen LogP) is 2.89. The Kier molecular flexibility index (Phi) is 6.40.